The van der Waals surface area contributed by atoms with Gasteiger partial charge in [0.05, 0.1) is 17.8 Å². The Morgan fingerprint density at radius 1 is 1.43 bits per heavy atom. The van der Waals surface area contributed by atoms with Gasteiger partial charge in [-0.25, -0.2) is 4.98 Å². The lowest BCUT2D eigenvalue weighted by molar-refractivity contribution is 0.412. The molecule has 1 heterocycles. The van der Waals surface area contributed by atoms with E-state index in [2.05, 4.69) is 26.2 Å². The van der Waals surface area contributed by atoms with Gasteiger partial charge in [-0.05, 0) is 59.9 Å². The number of oxazole rings is 1. The number of nitrogens with zero attached hydrogens (tertiary/aromatic N) is 1. The summed E-state index contributed by atoms with van der Waals surface area (Å²) in [6.07, 6.45) is 6.38. The van der Waals surface area contributed by atoms with Crippen molar-refractivity contribution in [3.63, 3.8) is 0 Å². The standard InChI is InChI=1S/C16H19BrN2O2/c1-20-14-7-4-11(9-13(14)17)15-10-19-16(21-15)3-2-8-18-12-5-6-12/h4,7,9-10,12,18H,2-3,5-6,8H2,1H3. The maximum absolute atomic E-state index is 5.82. The van der Waals surface area contributed by atoms with Gasteiger partial charge in [0.15, 0.2) is 11.7 Å². The number of halogens is 1. The molecule has 0 bridgehead atoms. The van der Waals surface area contributed by atoms with Crippen LogP contribution in [0.3, 0.4) is 0 Å². The minimum Gasteiger partial charge on any atom is -0.496 e. The molecule has 0 saturated heterocycles. The van der Waals surface area contributed by atoms with Gasteiger partial charge >= 0.3 is 0 Å². The molecule has 0 aliphatic heterocycles. The van der Waals surface area contributed by atoms with Gasteiger partial charge in [0.2, 0.25) is 0 Å². The van der Waals surface area contributed by atoms with E-state index < -0.39 is 0 Å². The molecule has 0 amide bonds. The molecular formula is C16H19BrN2O2. The fourth-order valence-electron chi connectivity index (χ4n) is 2.21. The Morgan fingerprint density at radius 3 is 3.00 bits per heavy atom. The van der Waals surface area contributed by atoms with Crippen molar-refractivity contribution in [1.29, 1.82) is 0 Å². The van der Waals surface area contributed by atoms with Crippen molar-refractivity contribution in [3.05, 3.63) is 34.8 Å². The minimum absolute atomic E-state index is 0.766. The summed E-state index contributed by atoms with van der Waals surface area (Å²) in [5, 5.41) is 3.50. The van der Waals surface area contributed by atoms with E-state index >= 15 is 0 Å². The number of rotatable bonds is 7. The highest BCUT2D eigenvalue weighted by Crippen LogP contribution is 2.30. The summed E-state index contributed by atoms with van der Waals surface area (Å²) in [5.41, 5.74) is 0.998. The summed E-state index contributed by atoms with van der Waals surface area (Å²) in [4.78, 5) is 4.36. The van der Waals surface area contributed by atoms with Crippen LogP contribution >= 0.6 is 15.9 Å². The molecule has 5 heteroatoms. The van der Waals surface area contributed by atoms with Crippen LogP contribution in [0.15, 0.2) is 33.3 Å². The van der Waals surface area contributed by atoms with E-state index in [0.717, 1.165) is 52.9 Å². The van der Waals surface area contributed by atoms with Crippen molar-refractivity contribution in [2.24, 2.45) is 0 Å². The number of hydrogen-bond acceptors (Lipinski definition) is 4. The quantitative estimate of drug-likeness (QED) is 0.771. The second-order valence-electron chi connectivity index (χ2n) is 5.30. The predicted molar refractivity (Wildman–Crippen MR) is 85.5 cm³/mol. The normalized spacial score (nSPS) is 14.4. The summed E-state index contributed by atoms with van der Waals surface area (Å²) in [6.45, 7) is 1.04. The van der Waals surface area contributed by atoms with Crippen LogP contribution in [0.4, 0.5) is 0 Å². The molecule has 4 nitrogen and oxygen atoms in total. The third-order valence-electron chi connectivity index (χ3n) is 3.57. The van der Waals surface area contributed by atoms with E-state index in [1.165, 1.54) is 12.8 Å². The van der Waals surface area contributed by atoms with E-state index in [0.29, 0.717) is 0 Å². The SMILES string of the molecule is COc1ccc(-c2cnc(CCCNC3CC3)o2)cc1Br. The second-order valence-corrected chi connectivity index (χ2v) is 6.15. The smallest absolute Gasteiger partial charge is 0.194 e. The summed E-state index contributed by atoms with van der Waals surface area (Å²) in [6, 6.07) is 6.64. The Balaban J connectivity index is 1.59. The van der Waals surface area contributed by atoms with Crippen molar-refractivity contribution in [3.8, 4) is 17.1 Å². The zero-order chi connectivity index (χ0) is 14.7. The van der Waals surface area contributed by atoms with Gasteiger partial charge in [-0.1, -0.05) is 0 Å². The molecule has 0 atom stereocenters. The monoisotopic (exact) mass is 350 g/mol. The third kappa shape index (κ3) is 3.86. The maximum Gasteiger partial charge on any atom is 0.194 e. The zero-order valence-electron chi connectivity index (χ0n) is 12.1. The van der Waals surface area contributed by atoms with E-state index in [4.69, 9.17) is 9.15 Å². The first kappa shape index (κ1) is 14.6. The first-order chi connectivity index (χ1) is 10.3. The van der Waals surface area contributed by atoms with Gasteiger partial charge < -0.3 is 14.5 Å². The Hall–Kier alpha value is -1.33. The molecule has 1 saturated carbocycles. The van der Waals surface area contributed by atoms with Gasteiger partial charge in [0.1, 0.15) is 5.75 Å². The summed E-state index contributed by atoms with van der Waals surface area (Å²) in [5.74, 6) is 2.41. The van der Waals surface area contributed by atoms with Gasteiger partial charge in [-0.3, -0.25) is 0 Å². The molecule has 1 N–H and O–H groups in total. The van der Waals surface area contributed by atoms with Crippen molar-refractivity contribution in [2.75, 3.05) is 13.7 Å². The van der Waals surface area contributed by atoms with Crippen molar-refractivity contribution in [1.82, 2.24) is 10.3 Å². The van der Waals surface area contributed by atoms with Crippen LogP contribution in [-0.4, -0.2) is 24.7 Å². The minimum atomic E-state index is 0.766. The number of aryl methyl sites for hydroxylation is 1. The molecule has 3 rings (SSSR count). The second kappa shape index (κ2) is 6.62. The Morgan fingerprint density at radius 2 is 2.29 bits per heavy atom. The zero-order valence-corrected chi connectivity index (χ0v) is 13.6. The molecule has 1 aliphatic carbocycles. The molecular weight excluding hydrogens is 332 g/mol. The van der Waals surface area contributed by atoms with Gasteiger partial charge in [-0.2, -0.15) is 0 Å². The molecule has 0 radical (unpaired) electrons. The first-order valence-electron chi connectivity index (χ1n) is 7.28. The van der Waals surface area contributed by atoms with Crippen molar-refractivity contribution < 1.29 is 9.15 Å². The van der Waals surface area contributed by atoms with E-state index in [9.17, 15) is 0 Å². The average Bonchev–Trinajstić information content (AvgIpc) is 3.20. The molecule has 1 aliphatic rings. The van der Waals surface area contributed by atoms with Crippen LogP contribution in [-0.2, 0) is 6.42 Å². The van der Waals surface area contributed by atoms with Crippen LogP contribution in [0.2, 0.25) is 0 Å². The molecule has 1 aromatic heterocycles. The van der Waals surface area contributed by atoms with Crippen LogP contribution in [0, 0.1) is 0 Å². The van der Waals surface area contributed by atoms with Crippen LogP contribution < -0.4 is 10.1 Å². The number of benzene rings is 1. The molecule has 21 heavy (non-hydrogen) atoms. The van der Waals surface area contributed by atoms with Crippen LogP contribution in [0.25, 0.3) is 11.3 Å². The van der Waals surface area contributed by atoms with Crippen LogP contribution in [0.5, 0.6) is 5.75 Å². The van der Waals surface area contributed by atoms with Crippen molar-refractivity contribution >= 4 is 15.9 Å². The predicted octanol–water partition coefficient (Wildman–Crippen LogP) is 3.80. The number of ether oxygens (including phenoxy) is 1. The van der Waals surface area contributed by atoms with Crippen LogP contribution in [0.1, 0.15) is 25.2 Å². The highest BCUT2D eigenvalue weighted by atomic mass is 79.9. The summed E-state index contributed by atoms with van der Waals surface area (Å²) < 4.78 is 12.0. The lowest BCUT2D eigenvalue weighted by atomic mass is 10.2. The number of aromatic nitrogens is 1. The summed E-state index contributed by atoms with van der Waals surface area (Å²) >= 11 is 3.49. The molecule has 0 spiro atoms. The third-order valence-corrected chi connectivity index (χ3v) is 4.19. The maximum atomic E-state index is 5.82. The lowest BCUT2D eigenvalue weighted by Crippen LogP contribution is -2.17. The topological polar surface area (TPSA) is 47.3 Å². The Labute approximate surface area is 133 Å². The van der Waals surface area contributed by atoms with Crippen molar-refractivity contribution in [2.45, 2.75) is 31.7 Å². The number of nitrogens with one attached hydrogen (secondary N) is 1. The van der Waals surface area contributed by atoms with Gasteiger partial charge in [0.25, 0.3) is 0 Å². The lowest BCUT2D eigenvalue weighted by Gasteiger charge is -2.04. The molecule has 1 fully saturated rings. The largest absolute Gasteiger partial charge is 0.496 e. The Kier molecular flexibility index (Phi) is 4.60. The van der Waals surface area contributed by atoms with Gasteiger partial charge in [-0.15, -0.1) is 0 Å². The number of hydrogen-bond donors (Lipinski definition) is 1. The molecule has 0 unspecified atom stereocenters. The molecule has 112 valence electrons. The van der Waals surface area contributed by atoms with E-state index in [-0.39, 0.29) is 0 Å². The first-order valence-corrected chi connectivity index (χ1v) is 8.07. The highest BCUT2D eigenvalue weighted by molar-refractivity contribution is 9.10. The fraction of sp³-hybridized carbons (Fsp3) is 0.438. The van der Waals surface area contributed by atoms with Gasteiger partial charge in [0, 0.05) is 18.0 Å². The molecule has 2 aromatic rings. The summed E-state index contributed by atoms with van der Waals surface area (Å²) in [7, 11) is 1.65. The molecule has 1 aromatic carbocycles. The Bertz CT molecular complexity index is 608. The average molecular weight is 351 g/mol. The van der Waals surface area contributed by atoms with E-state index in [1.54, 1.807) is 13.3 Å². The number of methoxy groups -OCH3 is 1. The highest BCUT2D eigenvalue weighted by Gasteiger charge is 2.19. The van der Waals surface area contributed by atoms with E-state index in [1.807, 2.05) is 18.2 Å². The fourth-order valence-corrected chi connectivity index (χ4v) is 2.75.